The third kappa shape index (κ3) is 3.38. The maximum atomic E-state index is 5.91. The van der Waals surface area contributed by atoms with E-state index in [1.54, 1.807) is 6.20 Å². The van der Waals surface area contributed by atoms with E-state index in [0.717, 1.165) is 22.5 Å². The molecule has 0 aliphatic carbocycles. The Balaban J connectivity index is 2.77. The molecule has 84 valence electrons. The lowest BCUT2D eigenvalue weighted by atomic mass is 10.1. The van der Waals surface area contributed by atoms with E-state index >= 15 is 0 Å². The van der Waals surface area contributed by atoms with E-state index in [-0.39, 0.29) is 0 Å². The number of rotatable bonds is 4. The summed E-state index contributed by atoms with van der Waals surface area (Å²) in [7, 11) is 2.03. The predicted molar refractivity (Wildman–Crippen MR) is 69.1 cm³/mol. The highest BCUT2D eigenvalue weighted by molar-refractivity contribution is 9.10. The van der Waals surface area contributed by atoms with E-state index in [9.17, 15) is 0 Å². The normalized spacial score (nSPS) is 12.5. The first-order valence-corrected chi connectivity index (χ1v) is 5.96. The highest BCUT2D eigenvalue weighted by atomic mass is 79.9. The van der Waals surface area contributed by atoms with Gasteiger partial charge in [-0.3, -0.25) is 0 Å². The monoisotopic (exact) mass is 271 g/mol. The summed E-state index contributed by atoms with van der Waals surface area (Å²) in [6.07, 6.45) is 2.94. The minimum atomic E-state index is 0.653. The molecule has 1 unspecified atom stereocenters. The number of nitrogens with zero attached hydrogens (tertiary/aromatic N) is 2. The predicted octanol–water partition coefficient (Wildman–Crippen LogP) is 2.91. The van der Waals surface area contributed by atoms with Gasteiger partial charge in [-0.05, 0) is 27.9 Å². The minimum Gasteiger partial charge on any atom is -0.396 e. The van der Waals surface area contributed by atoms with Crippen molar-refractivity contribution >= 4 is 27.4 Å². The van der Waals surface area contributed by atoms with Crippen LogP contribution >= 0.6 is 15.9 Å². The van der Waals surface area contributed by atoms with Gasteiger partial charge in [-0.2, -0.15) is 0 Å². The Morgan fingerprint density at radius 1 is 1.60 bits per heavy atom. The fraction of sp³-hybridized carbons (Fsp3) is 0.545. The van der Waals surface area contributed by atoms with Gasteiger partial charge >= 0.3 is 0 Å². The van der Waals surface area contributed by atoms with Gasteiger partial charge in [-0.15, -0.1) is 0 Å². The van der Waals surface area contributed by atoms with Crippen LogP contribution < -0.4 is 10.6 Å². The SMILES string of the molecule is CCC(C)CN(C)c1ncc(Br)cc1N. The van der Waals surface area contributed by atoms with Crippen molar-refractivity contribution in [1.29, 1.82) is 0 Å². The molecule has 0 fully saturated rings. The minimum absolute atomic E-state index is 0.653. The molecule has 4 heteroatoms. The highest BCUT2D eigenvalue weighted by Crippen LogP contribution is 2.23. The lowest BCUT2D eigenvalue weighted by Gasteiger charge is -2.22. The van der Waals surface area contributed by atoms with Crippen LogP contribution in [0.4, 0.5) is 11.5 Å². The molecule has 1 atom stereocenters. The van der Waals surface area contributed by atoms with E-state index in [0.29, 0.717) is 5.92 Å². The van der Waals surface area contributed by atoms with Crippen LogP contribution in [0.3, 0.4) is 0 Å². The summed E-state index contributed by atoms with van der Waals surface area (Å²) >= 11 is 3.35. The lowest BCUT2D eigenvalue weighted by molar-refractivity contribution is 0.558. The summed E-state index contributed by atoms with van der Waals surface area (Å²) in [5.74, 6) is 1.51. The molecule has 2 N–H and O–H groups in total. The van der Waals surface area contributed by atoms with Crippen LogP contribution in [0.5, 0.6) is 0 Å². The first kappa shape index (κ1) is 12.3. The summed E-state index contributed by atoms with van der Waals surface area (Å²) in [6.45, 7) is 5.40. The van der Waals surface area contributed by atoms with E-state index in [1.807, 2.05) is 13.1 Å². The van der Waals surface area contributed by atoms with Crippen molar-refractivity contribution < 1.29 is 0 Å². The maximum Gasteiger partial charge on any atom is 0.151 e. The standard InChI is InChI=1S/C11H18BrN3/c1-4-8(2)7-15(3)11-10(13)5-9(12)6-14-11/h5-6,8H,4,7,13H2,1-3H3. The zero-order chi connectivity index (χ0) is 11.4. The van der Waals surface area contributed by atoms with Gasteiger partial charge in [0, 0.05) is 24.3 Å². The smallest absolute Gasteiger partial charge is 0.151 e. The van der Waals surface area contributed by atoms with E-state index in [2.05, 4.69) is 39.7 Å². The molecule has 3 nitrogen and oxygen atoms in total. The van der Waals surface area contributed by atoms with Crippen molar-refractivity contribution in [3.63, 3.8) is 0 Å². The number of anilines is 2. The first-order valence-electron chi connectivity index (χ1n) is 5.16. The largest absolute Gasteiger partial charge is 0.396 e. The highest BCUT2D eigenvalue weighted by Gasteiger charge is 2.09. The van der Waals surface area contributed by atoms with Crippen molar-refractivity contribution in [2.45, 2.75) is 20.3 Å². The van der Waals surface area contributed by atoms with Gasteiger partial charge in [0.25, 0.3) is 0 Å². The quantitative estimate of drug-likeness (QED) is 0.916. The average Bonchev–Trinajstić information content (AvgIpc) is 2.17. The summed E-state index contributed by atoms with van der Waals surface area (Å²) in [4.78, 5) is 6.43. The van der Waals surface area contributed by atoms with Crippen LogP contribution in [-0.2, 0) is 0 Å². The van der Waals surface area contributed by atoms with Crippen LogP contribution in [0.1, 0.15) is 20.3 Å². The van der Waals surface area contributed by atoms with Crippen molar-refractivity contribution in [2.24, 2.45) is 5.92 Å². The van der Waals surface area contributed by atoms with E-state index in [4.69, 9.17) is 5.73 Å². The van der Waals surface area contributed by atoms with Gasteiger partial charge in [-0.25, -0.2) is 4.98 Å². The second-order valence-corrected chi connectivity index (χ2v) is 4.88. The Morgan fingerprint density at radius 3 is 2.80 bits per heavy atom. The topological polar surface area (TPSA) is 42.2 Å². The summed E-state index contributed by atoms with van der Waals surface area (Å²) in [5.41, 5.74) is 6.62. The molecule has 0 amide bonds. The number of aromatic nitrogens is 1. The van der Waals surface area contributed by atoms with Crippen molar-refractivity contribution in [3.05, 3.63) is 16.7 Å². The van der Waals surface area contributed by atoms with E-state index in [1.165, 1.54) is 6.42 Å². The molecule has 0 saturated carbocycles. The fourth-order valence-electron chi connectivity index (χ4n) is 1.45. The molecule has 1 aromatic rings. The second-order valence-electron chi connectivity index (χ2n) is 3.96. The Bertz CT molecular complexity index is 328. The molecular formula is C11H18BrN3. The summed E-state index contributed by atoms with van der Waals surface area (Å²) in [5, 5.41) is 0. The zero-order valence-electron chi connectivity index (χ0n) is 9.50. The lowest BCUT2D eigenvalue weighted by Crippen LogP contribution is -2.25. The Morgan fingerprint density at radius 2 is 2.27 bits per heavy atom. The van der Waals surface area contributed by atoms with Crippen LogP contribution in [0, 0.1) is 5.92 Å². The van der Waals surface area contributed by atoms with Gasteiger partial charge in [-0.1, -0.05) is 20.3 Å². The molecule has 0 aliphatic heterocycles. The maximum absolute atomic E-state index is 5.91. The molecular weight excluding hydrogens is 254 g/mol. The van der Waals surface area contributed by atoms with Gasteiger partial charge in [0.1, 0.15) is 0 Å². The van der Waals surface area contributed by atoms with Crippen molar-refractivity contribution in [1.82, 2.24) is 4.98 Å². The number of pyridine rings is 1. The summed E-state index contributed by atoms with van der Waals surface area (Å²) in [6, 6.07) is 1.88. The molecule has 1 rings (SSSR count). The zero-order valence-corrected chi connectivity index (χ0v) is 11.1. The van der Waals surface area contributed by atoms with Crippen molar-refractivity contribution in [3.8, 4) is 0 Å². The van der Waals surface area contributed by atoms with E-state index < -0.39 is 0 Å². The average molecular weight is 272 g/mol. The molecule has 1 heterocycles. The molecule has 0 spiro atoms. The number of halogens is 1. The molecule has 0 aromatic carbocycles. The third-order valence-corrected chi connectivity index (χ3v) is 2.94. The number of nitrogen functional groups attached to an aromatic ring is 1. The van der Waals surface area contributed by atoms with Gasteiger partial charge in [0.05, 0.1) is 5.69 Å². The van der Waals surface area contributed by atoms with Gasteiger partial charge in [0.2, 0.25) is 0 Å². The van der Waals surface area contributed by atoms with Crippen LogP contribution in [-0.4, -0.2) is 18.6 Å². The molecule has 0 bridgehead atoms. The third-order valence-electron chi connectivity index (χ3n) is 2.51. The fourth-order valence-corrected chi connectivity index (χ4v) is 1.80. The molecule has 1 aromatic heterocycles. The second kappa shape index (κ2) is 5.35. The van der Waals surface area contributed by atoms with Crippen LogP contribution in [0.25, 0.3) is 0 Å². The molecule has 15 heavy (non-hydrogen) atoms. The van der Waals surface area contributed by atoms with Crippen LogP contribution in [0.2, 0.25) is 0 Å². The first-order chi connectivity index (χ1) is 7.04. The van der Waals surface area contributed by atoms with Crippen LogP contribution in [0.15, 0.2) is 16.7 Å². The molecule has 0 aliphatic rings. The Kier molecular flexibility index (Phi) is 4.39. The summed E-state index contributed by atoms with van der Waals surface area (Å²) < 4.78 is 0.917. The molecule has 0 radical (unpaired) electrons. The Hall–Kier alpha value is -0.770. The number of hydrogen-bond donors (Lipinski definition) is 1. The van der Waals surface area contributed by atoms with Gasteiger partial charge in [0.15, 0.2) is 5.82 Å². The Labute approximate surface area is 99.8 Å². The molecule has 0 saturated heterocycles. The number of nitrogens with two attached hydrogens (primary N) is 1. The number of hydrogen-bond acceptors (Lipinski definition) is 3. The van der Waals surface area contributed by atoms with Crippen molar-refractivity contribution in [2.75, 3.05) is 24.2 Å². The van der Waals surface area contributed by atoms with Gasteiger partial charge < -0.3 is 10.6 Å².